The van der Waals surface area contributed by atoms with Gasteiger partial charge in [-0.3, -0.25) is 4.79 Å². The zero-order valence-electron chi connectivity index (χ0n) is 12.7. The fourth-order valence-corrected chi connectivity index (χ4v) is 4.35. The van der Waals surface area contributed by atoms with E-state index in [1.54, 1.807) is 11.3 Å². The summed E-state index contributed by atoms with van der Waals surface area (Å²) in [6, 6.07) is 0.327. The fourth-order valence-electron chi connectivity index (χ4n) is 3.42. The van der Waals surface area contributed by atoms with Crippen molar-refractivity contribution in [3.8, 4) is 0 Å². The molecule has 1 amide bonds. The molecule has 0 aromatic carbocycles. The summed E-state index contributed by atoms with van der Waals surface area (Å²) in [7, 11) is 0. The second kappa shape index (κ2) is 6.88. The summed E-state index contributed by atoms with van der Waals surface area (Å²) in [6.45, 7) is 4.34. The number of thiazole rings is 1. The molecule has 4 nitrogen and oxygen atoms in total. The molecule has 0 radical (unpaired) electrons. The number of rotatable bonds is 3. The molecule has 1 aliphatic heterocycles. The predicted octanol–water partition coefficient (Wildman–Crippen LogP) is 2.92. The first-order valence-corrected chi connectivity index (χ1v) is 9.09. The highest BCUT2D eigenvalue weighted by Crippen LogP contribution is 2.27. The molecule has 0 bridgehead atoms. The molecule has 2 fully saturated rings. The van der Waals surface area contributed by atoms with Crippen LogP contribution in [-0.4, -0.2) is 30.0 Å². The zero-order chi connectivity index (χ0) is 14.7. The van der Waals surface area contributed by atoms with E-state index in [2.05, 4.69) is 22.5 Å². The van der Waals surface area contributed by atoms with E-state index in [4.69, 9.17) is 0 Å². The maximum atomic E-state index is 12.4. The van der Waals surface area contributed by atoms with Gasteiger partial charge in [0.15, 0.2) is 0 Å². The molecule has 3 rings (SSSR count). The minimum Gasteiger partial charge on any atom is -0.348 e. The number of carbonyl (C=O) groups is 1. The molecule has 3 unspecified atom stereocenters. The van der Waals surface area contributed by atoms with Crippen LogP contribution in [0.5, 0.6) is 0 Å². The van der Waals surface area contributed by atoms with Crippen LogP contribution in [0.15, 0.2) is 5.38 Å². The Morgan fingerprint density at radius 2 is 2.19 bits per heavy atom. The number of hydrogen-bond donors (Lipinski definition) is 2. The highest BCUT2D eigenvalue weighted by Gasteiger charge is 2.25. The summed E-state index contributed by atoms with van der Waals surface area (Å²) in [5.74, 6) is 1.09. The third-order valence-corrected chi connectivity index (χ3v) is 5.84. The van der Waals surface area contributed by atoms with E-state index in [-0.39, 0.29) is 5.91 Å². The van der Waals surface area contributed by atoms with Gasteiger partial charge in [0.05, 0.1) is 5.01 Å². The summed E-state index contributed by atoms with van der Waals surface area (Å²) < 4.78 is 0. The van der Waals surface area contributed by atoms with E-state index in [1.165, 1.54) is 32.1 Å². The van der Waals surface area contributed by atoms with E-state index >= 15 is 0 Å². The van der Waals surface area contributed by atoms with Gasteiger partial charge in [-0.25, -0.2) is 4.98 Å². The summed E-state index contributed by atoms with van der Waals surface area (Å²) in [5.41, 5.74) is 0.610. The van der Waals surface area contributed by atoms with Gasteiger partial charge in [-0.05, 0) is 38.1 Å². The lowest BCUT2D eigenvalue weighted by Gasteiger charge is -2.29. The molecule has 1 saturated heterocycles. The molecule has 1 aliphatic carbocycles. The lowest BCUT2D eigenvalue weighted by Crippen LogP contribution is -2.41. The average molecular weight is 307 g/mol. The molecule has 5 heteroatoms. The normalized spacial score (nSPS) is 30.0. The van der Waals surface area contributed by atoms with Crippen molar-refractivity contribution in [2.24, 2.45) is 5.92 Å². The van der Waals surface area contributed by atoms with Crippen LogP contribution in [0.25, 0.3) is 0 Å². The van der Waals surface area contributed by atoms with Gasteiger partial charge in [0.1, 0.15) is 5.69 Å². The van der Waals surface area contributed by atoms with Crippen LogP contribution in [0, 0.1) is 5.92 Å². The van der Waals surface area contributed by atoms with Crippen LogP contribution < -0.4 is 10.6 Å². The quantitative estimate of drug-likeness (QED) is 0.903. The smallest absolute Gasteiger partial charge is 0.270 e. The molecule has 116 valence electrons. The minimum absolute atomic E-state index is 0.0139. The topological polar surface area (TPSA) is 54.0 Å². The van der Waals surface area contributed by atoms with Gasteiger partial charge in [0.2, 0.25) is 0 Å². The van der Waals surface area contributed by atoms with Gasteiger partial charge in [-0.15, -0.1) is 11.3 Å². The number of nitrogens with one attached hydrogen (secondary N) is 2. The number of nitrogens with zero attached hydrogens (tertiary/aromatic N) is 1. The molecular formula is C16H25N3OS. The van der Waals surface area contributed by atoms with Crippen LogP contribution in [0.2, 0.25) is 0 Å². The third kappa shape index (κ3) is 3.64. The van der Waals surface area contributed by atoms with E-state index in [0.717, 1.165) is 24.5 Å². The van der Waals surface area contributed by atoms with Crippen LogP contribution in [0.3, 0.4) is 0 Å². The summed E-state index contributed by atoms with van der Waals surface area (Å²) >= 11 is 1.64. The number of piperidine rings is 1. The van der Waals surface area contributed by atoms with Crippen LogP contribution in [0.1, 0.15) is 66.9 Å². The van der Waals surface area contributed by atoms with Gasteiger partial charge in [0, 0.05) is 23.9 Å². The monoisotopic (exact) mass is 307 g/mol. The fraction of sp³-hybridized carbons (Fsp3) is 0.750. The maximum Gasteiger partial charge on any atom is 0.270 e. The average Bonchev–Trinajstić information content (AvgIpc) is 3.00. The Morgan fingerprint density at radius 3 is 2.95 bits per heavy atom. The van der Waals surface area contributed by atoms with Crippen molar-refractivity contribution in [1.82, 2.24) is 15.6 Å². The Morgan fingerprint density at radius 1 is 1.33 bits per heavy atom. The van der Waals surface area contributed by atoms with E-state index < -0.39 is 0 Å². The van der Waals surface area contributed by atoms with E-state index in [1.807, 2.05) is 5.38 Å². The number of aromatic nitrogens is 1. The first-order chi connectivity index (χ1) is 10.2. The molecular weight excluding hydrogens is 282 g/mol. The molecule has 1 saturated carbocycles. The second-order valence-electron chi connectivity index (χ2n) is 6.46. The van der Waals surface area contributed by atoms with Crippen molar-refractivity contribution in [2.45, 2.75) is 57.4 Å². The Hall–Kier alpha value is -0.940. The second-order valence-corrected chi connectivity index (χ2v) is 7.35. The lowest BCUT2D eigenvalue weighted by molar-refractivity contribution is 0.0905. The lowest BCUT2D eigenvalue weighted by atomic mass is 9.86. The van der Waals surface area contributed by atoms with Crippen LogP contribution in [0.4, 0.5) is 0 Å². The SMILES string of the molecule is CC1CCCCC1NC(=O)c1csc(C2CCCNC2)n1. The highest BCUT2D eigenvalue weighted by molar-refractivity contribution is 7.09. The molecule has 2 N–H and O–H groups in total. The van der Waals surface area contributed by atoms with Crippen molar-refractivity contribution in [3.05, 3.63) is 16.1 Å². The van der Waals surface area contributed by atoms with E-state index in [0.29, 0.717) is 23.6 Å². The minimum atomic E-state index is 0.0139. The summed E-state index contributed by atoms with van der Waals surface area (Å²) in [6.07, 6.45) is 7.23. The molecule has 21 heavy (non-hydrogen) atoms. The molecule has 2 aliphatic rings. The Labute approximate surface area is 130 Å². The van der Waals surface area contributed by atoms with Crippen molar-refractivity contribution in [3.63, 3.8) is 0 Å². The first-order valence-electron chi connectivity index (χ1n) is 8.21. The van der Waals surface area contributed by atoms with E-state index in [9.17, 15) is 4.79 Å². The Balaban J connectivity index is 1.60. The number of amides is 1. The Kier molecular flexibility index (Phi) is 4.91. The maximum absolute atomic E-state index is 12.4. The van der Waals surface area contributed by atoms with Gasteiger partial charge in [0.25, 0.3) is 5.91 Å². The van der Waals surface area contributed by atoms with Gasteiger partial charge in [-0.2, -0.15) is 0 Å². The van der Waals surface area contributed by atoms with Gasteiger partial charge in [-0.1, -0.05) is 19.8 Å². The zero-order valence-corrected chi connectivity index (χ0v) is 13.5. The molecule has 2 heterocycles. The summed E-state index contributed by atoms with van der Waals surface area (Å²) in [4.78, 5) is 17.0. The van der Waals surface area contributed by atoms with Gasteiger partial charge >= 0.3 is 0 Å². The highest BCUT2D eigenvalue weighted by atomic mass is 32.1. The van der Waals surface area contributed by atoms with Crippen molar-refractivity contribution < 1.29 is 4.79 Å². The Bertz CT molecular complexity index is 482. The third-order valence-electron chi connectivity index (χ3n) is 4.83. The van der Waals surface area contributed by atoms with Crippen molar-refractivity contribution >= 4 is 17.2 Å². The number of hydrogen-bond acceptors (Lipinski definition) is 4. The molecule has 1 aromatic rings. The standard InChI is InChI=1S/C16H25N3OS/c1-11-5-2-3-7-13(11)18-15(20)14-10-21-16(19-14)12-6-4-8-17-9-12/h10-13,17H,2-9H2,1H3,(H,18,20). The molecule has 3 atom stereocenters. The van der Waals surface area contributed by atoms with Crippen LogP contribution in [-0.2, 0) is 0 Å². The van der Waals surface area contributed by atoms with Crippen molar-refractivity contribution in [1.29, 1.82) is 0 Å². The van der Waals surface area contributed by atoms with Gasteiger partial charge < -0.3 is 10.6 Å². The predicted molar refractivity (Wildman–Crippen MR) is 85.8 cm³/mol. The van der Waals surface area contributed by atoms with Crippen molar-refractivity contribution in [2.75, 3.05) is 13.1 Å². The summed E-state index contributed by atoms with van der Waals surface area (Å²) in [5, 5.41) is 9.64. The largest absolute Gasteiger partial charge is 0.348 e. The number of carbonyl (C=O) groups excluding carboxylic acids is 1. The molecule has 0 spiro atoms. The first kappa shape index (κ1) is 15.0. The molecule has 1 aromatic heterocycles. The van der Waals surface area contributed by atoms with Crippen LogP contribution >= 0.6 is 11.3 Å².